The summed E-state index contributed by atoms with van der Waals surface area (Å²) in [5.41, 5.74) is 0.461. The van der Waals surface area contributed by atoms with Gasteiger partial charge in [0.15, 0.2) is 0 Å². The van der Waals surface area contributed by atoms with Crippen LogP contribution in [0, 0.1) is 0 Å². The normalized spacial score (nSPS) is 11.5. The summed E-state index contributed by atoms with van der Waals surface area (Å²) in [5.74, 6) is 0.616. The van der Waals surface area contributed by atoms with E-state index in [2.05, 4.69) is 14.9 Å². The minimum absolute atomic E-state index is 0.149. The molecule has 0 spiro atoms. The first kappa shape index (κ1) is 15.5. The number of thiophene rings is 1. The van der Waals surface area contributed by atoms with Gasteiger partial charge in [-0.3, -0.25) is 9.69 Å². The fourth-order valence-electron chi connectivity index (χ4n) is 2.25. The van der Waals surface area contributed by atoms with Crippen LogP contribution in [0.25, 0.3) is 10.9 Å². The molecule has 0 radical (unpaired) electrons. The molecule has 0 bridgehead atoms. The summed E-state index contributed by atoms with van der Waals surface area (Å²) >= 11 is 13.4. The smallest absolute Gasteiger partial charge is 0.258 e. The Hall–Kier alpha value is -1.40. The maximum atomic E-state index is 12.1. The summed E-state index contributed by atoms with van der Waals surface area (Å²) in [6, 6.07) is 8.96. The highest BCUT2D eigenvalue weighted by atomic mass is 35.5. The van der Waals surface area contributed by atoms with E-state index in [1.54, 1.807) is 29.5 Å². The van der Waals surface area contributed by atoms with Crippen LogP contribution in [0.1, 0.15) is 10.7 Å². The predicted octanol–water partition coefficient (Wildman–Crippen LogP) is 3.92. The SMILES string of the molecule is CN(Cc1nc2cc(Cl)ccc2c(=O)[nH]1)Cc1ccc(Cl)s1. The molecule has 2 aromatic heterocycles. The highest BCUT2D eigenvalue weighted by Gasteiger charge is 2.08. The van der Waals surface area contributed by atoms with E-state index in [9.17, 15) is 4.79 Å². The average Bonchev–Trinajstić information content (AvgIpc) is 2.83. The molecular formula is C15H13Cl2N3OS. The standard InChI is InChI=1S/C15H13Cl2N3OS/c1-20(7-10-3-5-13(17)22-10)8-14-18-12-6-9(16)2-4-11(12)15(21)19-14/h2-6H,7-8H2,1H3,(H,18,19,21). The Labute approximate surface area is 141 Å². The number of rotatable bonds is 4. The molecule has 0 amide bonds. The number of hydrogen-bond donors (Lipinski definition) is 1. The lowest BCUT2D eigenvalue weighted by Gasteiger charge is -2.15. The summed E-state index contributed by atoms with van der Waals surface area (Å²) in [5, 5.41) is 1.11. The van der Waals surface area contributed by atoms with Gasteiger partial charge in [-0.05, 0) is 37.4 Å². The summed E-state index contributed by atoms with van der Waals surface area (Å²) in [6.45, 7) is 1.28. The second-order valence-corrected chi connectivity index (χ2v) is 7.29. The van der Waals surface area contributed by atoms with E-state index in [0.717, 1.165) is 10.9 Å². The lowest BCUT2D eigenvalue weighted by atomic mass is 10.2. The minimum Gasteiger partial charge on any atom is -0.309 e. The van der Waals surface area contributed by atoms with E-state index in [-0.39, 0.29) is 5.56 Å². The van der Waals surface area contributed by atoms with Crippen LogP contribution in [0.15, 0.2) is 35.1 Å². The fourth-order valence-corrected chi connectivity index (χ4v) is 3.58. The lowest BCUT2D eigenvalue weighted by molar-refractivity contribution is 0.313. The van der Waals surface area contributed by atoms with Crippen LogP contribution in [0.2, 0.25) is 9.36 Å². The molecule has 4 nitrogen and oxygen atoms in total. The number of nitrogens with one attached hydrogen (secondary N) is 1. The molecule has 0 fully saturated rings. The topological polar surface area (TPSA) is 49.0 Å². The van der Waals surface area contributed by atoms with Crippen LogP contribution < -0.4 is 5.56 Å². The second-order valence-electron chi connectivity index (χ2n) is 5.05. The highest BCUT2D eigenvalue weighted by molar-refractivity contribution is 7.16. The monoisotopic (exact) mass is 353 g/mol. The zero-order chi connectivity index (χ0) is 15.7. The number of aromatic amines is 1. The summed E-state index contributed by atoms with van der Waals surface area (Å²) in [4.78, 5) is 22.6. The van der Waals surface area contributed by atoms with Crippen molar-refractivity contribution in [2.24, 2.45) is 0 Å². The molecule has 0 saturated heterocycles. The maximum absolute atomic E-state index is 12.1. The zero-order valence-corrected chi connectivity index (χ0v) is 14.1. The van der Waals surface area contributed by atoms with Gasteiger partial charge in [0.2, 0.25) is 0 Å². The molecule has 0 saturated carbocycles. The minimum atomic E-state index is -0.149. The van der Waals surface area contributed by atoms with E-state index in [1.807, 2.05) is 19.2 Å². The molecule has 2 heterocycles. The Morgan fingerprint density at radius 2 is 2.05 bits per heavy atom. The van der Waals surface area contributed by atoms with Gasteiger partial charge in [-0.2, -0.15) is 0 Å². The second kappa shape index (κ2) is 6.38. The van der Waals surface area contributed by atoms with Crippen molar-refractivity contribution in [3.8, 4) is 0 Å². The third-order valence-corrected chi connectivity index (χ3v) is 4.64. The van der Waals surface area contributed by atoms with Crippen molar-refractivity contribution in [1.29, 1.82) is 0 Å². The molecule has 0 atom stereocenters. The van der Waals surface area contributed by atoms with Crippen LogP contribution in [0.3, 0.4) is 0 Å². The first-order valence-electron chi connectivity index (χ1n) is 6.62. The van der Waals surface area contributed by atoms with Crippen LogP contribution in [-0.2, 0) is 13.1 Å². The van der Waals surface area contributed by atoms with Gasteiger partial charge in [0, 0.05) is 16.4 Å². The highest BCUT2D eigenvalue weighted by Crippen LogP contribution is 2.22. The van der Waals surface area contributed by atoms with E-state index >= 15 is 0 Å². The van der Waals surface area contributed by atoms with Crippen molar-refractivity contribution in [2.45, 2.75) is 13.1 Å². The molecular weight excluding hydrogens is 341 g/mol. The first-order valence-corrected chi connectivity index (χ1v) is 8.20. The van der Waals surface area contributed by atoms with Gasteiger partial charge in [0.05, 0.1) is 21.8 Å². The van der Waals surface area contributed by atoms with Gasteiger partial charge in [0.1, 0.15) is 5.82 Å². The molecule has 114 valence electrons. The van der Waals surface area contributed by atoms with Crippen LogP contribution in [0.5, 0.6) is 0 Å². The number of fused-ring (bicyclic) bond motifs is 1. The number of benzene rings is 1. The Morgan fingerprint density at radius 1 is 1.23 bits per heavy atom. The van der Waals surface area contributed by atoms with E-state index in [1.165, 1.54) is 4.88 Å². The molecule has 0 unspecified atom stereocenters. The van der Waals surface area contributed by atoms with Gasteiger partial charge in [0.25, 0.3) is 5.56 Å². The molecule has 0 aliphatic rings. The molecule has 1 N–H and O–H groups in total. The molecule has 0 aliphatic carbocycles. The molecule has 3 aromatic rings. The van der Waals surface area contributed by atoms with E-state index < -0.39 is 0 Å². The molecule has 7 heteroatoms. The fraction of sp³-hybridized carbons (Fsp3) is 0.200. The van der Waals surface area contributed by atoms with Crippen molar-refractivity contribution in [2.75, 3.05) is 7.05 Å². The Kier molecular flexibility index (Phi) is 4.49. The van der Waals surface area contributed by atoms with E-state index in [4.69, 9.17) is 23.2 Å². The van der Waals surface area contributed by atoms with Gasteiger partial charge >= 0.3 is 0 Å². The van der Waals surface area contributed by atoms with Gasteiger partial charge in [-0.15, -0.1) is 11.3 Å². The summed E-state index contributed by atoms with van der Waals surface area (Å²) in [7, 11) is 1.97. The van der Waals surface area contributed by atoms with Crippen molar-refractivity contribution in [3.63, 3.8) is 0 Å². The van der Waals surface area contributed by atoms with Gasteiger partial charge in [-0.1, -0.05) is 23.2 Å². The van der Waals surface area contributed by atoms with Crippen LogP contribution in [0.4, 0.5) is 0 Å². The Bertz CT molecular complexity index is 875. The van der Waals surface area contributed by atoms with Crippen LogP contribution >= 0.6 is 34.5 Å². The third kappa shape index (κ3) is 3.50. The predicted molar refractivity (Wildman–Crippen MR) is 91.9 cm³/mol. The largest absolute Gasteiger partial charge is 0.309 e. The van der Waals surface area contributed by atoms with E-state index in [0.29, 0.717) is 28.3 Å². The maximum Gasteiger partial charge on any atom is 0.258 e. The molecule has 3 rings (SSSR count). The van der Waals surface area contributed by atoms with Crippen molar-refractivity contribution in [1.82, 2.24) is 14.9 Å². The molecule has 22 heavy (non-hydrogen) atoms. The van der Waals surface area contributed by atoms with Crippen molar-refractivity contribution >= 4 is 45.4 Å². The quantitative estimate of drug-likeness (QED) is 0.773. The lowest BCUT2D eigenvalue weighted by Crippen LogP contribution is -2.21. The number of aromatic nitrogens is 2. The number of halogens is 2. The van der Waals surface area contributed by atoms with Crippen molar-refractivity contribution in [3.05, 3.63) is 60.7 Å². The summed E-state index contributed by atoms with van der Waals surface area (Å²) in [6.07, 6.45) is 0. The van der Waals surface area contributed by atoms with Crippen LogP contribution in [-0.4, -0.2) is 21.9 Å². The zero-order valence-electron chi connectivity index (χ0n) is 11.8. The van der Waals surface area contributed by atoms with Crippen molar-refractivity contribution < 1.29 is 0 Å². The number of H-pyrrole nitrogens is 1. The van der Waals surface area contributed by atoms with Gasteiger partial charge in [-0.25, -0.2) is 4.98 Å². The Morgan fingerprint density at radius 3 is 2.77 bits per heavy atom. The molecule has 0 aliphatic heterocycles. The third-order valence-electron chi connectivity index (χ3n) is 3.19. The average molecular weight is 354 g/mol. The molecule has 1 aromatic carbocycles. The first-order chi connectivity index (χ1) is 10.5. The Balaban J connectivity index is 1.82. The van der Waals surface area contributed by atoms with Gasteiger partial charge < -0.3 is 4.98 Å². The number of hydrogen-bond acceptors (Lipinski definition) is 4. The summed E-state index contributed by atoms with van der Waals surface area (Å²) < 4.78 is 0.773. The number of nitrogens with zero attached hydrogens (tertiary/aromatic N) is 2.